The summed E-state index contributed by atoms with van der Waals surface area (Å²) in [6.45, 7) is 15.9. The van der Waals surface area contributed by atoms with Crippen molar-refractivity contribution in [3.05, 3.63) is 0 Å². The van der Waals surface area contributed by atoms with E-state index in [0.29, 0.717) is 0 Å². The van der Waals surface area contributed by atoms with Crippen molar-refractivity contribution in [3.8, 4) is 0 Å². The van der Waals surface area contributed by atoms with Gasteiger partial charge in [0.25, 0.3) is 9.28 Å². The Morgan fingerprint density at radius 3 is 1.48 bits per heavy atom. The lowest BCUT2D eigenvalue weighted by atomic mass is 10.1. The first-order valence-electron chi connectivity index (χ1n) is 11.9. The molecular weight excluding hydrogens is 429 g/mol. The summed E-state index contributed by atoms with van der Waals surface area (Å²) < 4.78 is 24.5. The van der Waals surface area contributed by atoms with Crippen molar-refractivity contribution in [2.45, 2.75) is 122 Å². The summed E-state index contributed by atoms with van der Waals surface area (Å²) >= 11 is 0. The lowest BCUT2D eigenvalue weighted by molar-refractivity contribution is 0.253. The minimum absolute atomic E-state index is 0.953. The number of hydrogen-bond donors (Lipinski definition) is 0. The molecule has 0 N–H and O–H groups in total. The summed E-state index contributed by atoms with van der Waals surface area (Å²) in [4.78, 5) is 0. The van der Waals surface area contributed by atoms with E-state index in [4.69, 9.17) is 17.1 Å². The Morgan fingerprint density at radius 1 is 0.621 bits per heavy atom. The molecule has 0 aliphatic heterocycles. The van der Waals surface area contributed by atoms with Crippen molar-refractivity contribution >= 4 is 34.5 Å². The molecule has 0 aromatic carbocycles. The lowest BCUT2D eigenvalue weighted by Crippen LogP contribution is -2.50. The molecule has 0 spiro atoms. The summed E-state index contributed by atoms with van der Waals surface area (Å²) in [6, 6.07) is 1.26. The van der Waals surface area contributed by atoms with Crippen LogP contribution in [0.5, 0.6) is 0 Å². The zero-order chi connectivity index (χ0) is 22.4. The highest BCUT2D eigenvalue weighted by Crippen LogP contribution is 2.25. The van der Waals surface area contributed by atoms with Gasteiger partial charge in [0.1, 0.15) is 0 Å². The van der Waals surface area contributed by atoms with Crippen LogP contribution >= 0.6 is 0 Å². The molecule has 0 saturated carbocycles. The van der Waals surface area contributed by atoms with Gasteiger partial charge in [0.15, 0.2) is 16.6 Å². The van der Waals surface area contributed by atoms with Gasteiger partial charge in [0, 0.05) is 19.9 Å². The van der Waals surface area contributed by atoms with E-state index in [2.05, 4.69) is 46.2 Å². The third kappa shape index (κ3) is 16.1. The van der Waals surface area contributed by atoms with Crippen molar-refractivity contribution in [3.63, 3.8) is 0 Å². The molecule has 29 heavy (non-hydrogen) atoms. The standard InChI is InChI=1S/C21H52O4Si4/c1-10-11-12-13-14-15-16-17-18-19-20-27(5,6)24-26(4)25-28(7,8)21-29(9,22-2)23-3/h26H,10-21H2,1-9H3. The van der Waals surface area contributed by atoms with Crippen molar-refractivity contribution in [1.82, 2.24) is 0 Å². The van der Waals surface area contributed by atoms with E-state index in [-0.39, 0.29) is 0 Å². The average molecular weight is 481 g/mol. The Balaban J connectivity index is 4.05. The molecule has 4 nitrogen and oxygen atoms in total. The van der Waals surface area contributed by atoms with Gasteiger partial charge < -0.3 is 17.1 Å². The molecule has 1 atom stereocenters. The summed E-state index contributed by atoms with van der Waals surface area (Å²) in [6.07, 6.45) is 13.9. The van der Waals surface area contributed by atoms with Crippen molar-refractivity contribution in [2.75, 3.05) is 14.2 Å². The van der Waals surface area contributed by atoms with Gasteiger partial charge in [-0.3, -0.25) is 0 Å². The molecule has 1 unspecified atom stereocenters. The first-order valence-corrected chi connectivity index (χ1v) is 22.8. The molecule has 8 heteroatoms. The second kappa shape index (κ2) is 15.5. The van der Waals surface area contributed by atoms with E-state index < -0.39 is 34.5 Å². The van der Waals surface area contributed by atoms with E-state index >= 15 is 0 Å². The van der Waals surface area contributed by atoms with Crippen LogP contribution in [0.25, 0.3) is 0 Å². The van der Waals surface area contributed by atoms with Crippen LogP contribution in [0.15, 0.2) is 0 Å². The average Bonchev–Trinajstić information content (AvgIpc) is 2.61. The smallest absolute Gasteiger partial charge is 0.333 e. The molecule has 176 valence electrons. The number of hydrogen-bond acceptors (Lipinski definition) is 4. The lowest BCUT2D eigenvalue weighted by Gasteiger charge is -2.35. The zero-order valence-corrected chi connectivity index (χ0v) is 25.4. The third-order valence-corrected chi connectivity index (χ3v) is 22.7. The summed E-state index contributed by atoms with van der Waals surface area (Å²) in [5.74, 6) is 0. The Hall–Kier alpha value is 0.708. The zero-order valence-electron chi connectivity index (χ0n) is 21.2. The highest BCUT2D eigenvalue weighted by molar-refractivity contribution is 6.90. The number of unbranched alkanes of at least 4 members (excludes halogenated alkanes) is 9. The van der Waals surface area contributed by atoms with Crippen molar-refractivity contribution in [2.24, 2.45) is 0 Å². The maximum Gasteiger partial charge on any atom is 0.333 e. The van der Waals surface area contributed by atoms with Gasteiger partial charge in [0.2, 0.25) is 0 Å². The minimum Gasteiger partial charge on any atom is -0.439 e. The Bertz CT molecular complexity index is 404. The summed E-state index contributed by atoms with van der Waals surface area (Å²) in [5, 5.41) is 0. The normalized spacial score (nSPS) is 14.4. The topological polar surface area (TPSA) is 36.9 Å². The van der Waals surface area contributed by atoms with Crippen LogP contribution < -0.4 is 0 Å². The Kier molecular flexibility index (Phi) is 15.9. The highest BCUT2D eigenvalue weighted by Gasteiger charge is 2.40. The van der Waals surface area contributed by atoms with Crippen LogP contribution in [0.3, 0.4) is 0 Å². The molecule has 0 rings (SSSR count). The Labute approximate surface area is 187 Å². The minimum atomic E-state index is -2.09. The fraction of sp³-hybridized carbons (Fsp3) is 1.00. The van der Waals surface area contributed by atoms with Crippen LogP contribution in [-0.4, -0.2) is 48.7 Å². The molecular formula is C21H52O4Si4. The molecule has 0 saturated heterocycles. The molecule has 0 fully saturated rings. The van der Waals surface area contributed by atoms with E-state index in [1.165, 1.54) is 70.3 Å². The first kappa shape index (κ1) is 29.7. The van der Waals surface area contributed by atoms with Crippen LogP contribution in [0.4, 0.5) is 0 Å². The van der Waals surface area contributed by atoms with Crippen LogP contribution in [0.2, 0.25) is 51.0 Å². The van der Waals surface area contributed by atoms with Gasteiger partial charge in [-0.05, 0) is 45.3 Å². The summed E-state index contributed by atoms with van der Waals surface area (Å²) in [5.41, 5.74) is 0.953. The van der Waals surface area contributed by atoms with Crippen LogP contribution in [-0.2, 0) is 17.1 Å². The molecule has 0 radical (unpaired) electrons. The van der Waals surface area contributed by atoms with E-state index in [1.54, 1.807) is 14.2 Å². The second-order valence-corrected chi connectivity index (χ2v) is 25.0. The van der Waals surface area contributed by atoms with Gasteiger partial charge >= 0.3 is 8.56 Å². The number of rotatable bonds is 19. The van der Waals surface area contributed by atoms with E-state index in [0.717, 1.165) is 5.67 Å². The third-order valence-electron chi connectivity index (χ3n) is 5.71. The van der Waals surface area contributed by atoms with Gasteiger partial charge in [-0.15, -0.1) is 0 Å². The monoisotopic (exact) mass is 480 g/mol. The van der Waals surface area contributed by atoms with E-state index in [1.807, 2.05) is 0 Å². The molecule has 0 aromatic rings. The molecule has 0 aliphatic rings. The Morgan fingerprint density at radius 2 is 1.03 bits per heavy atom. The van der Waals surface area contributed by atoms with E-state index in [9.17, 15) is 0 Å². The molecule has 0 aromatic heterocycles. The predicted octanol–water partition coefficient (Wildman–Crippen LogP) is 7.11. The largest absolute Gasteiger partial charge is 0.439 e. The van der Waals surface area contributed by atoms with Crippen LogP contribution in [0.1, 0.15) is 71.1 Å². The van der Waals surface area contributed by atoms with Crippen molar-refractivity contribution < 1.29 is 17.1 Å². The quantitative estimate of drug-likeness (QED) is 0.146. The first-order chi connectivity index (χ1) is 13.5. The fourth-order valence-electron chi connectivity index (χ4n) is 4.06. The fourth-order valence-corrected chi connectivity index (χ4v) is 22.0. The maximum atomic E-state index is 6.56. The second-order valence-electron chi connectivity index (χ2n) is 9.97. The van der Waals surface area contributed by atoms with Gasteiger partial charge in [-0.25, -0.2) is 0 Å². The van der Waals surface area contributed by atoms with Gasteiger partial charge in [-0.1, -0.05) is 71.1 Å². The van der Waals surface area contributed by atoms with Crippen LogP contribution in [0, 0.1) is 0 Å². The molecule has 0 heterocycles. The maximum absolute atomic E-state index is 6.56. The molecule has 0 aliphatic carbocycles. The summed E-state index contributed by atoms with van der Waals surface area (Å²) in [7, 11) is -3.64. The highest BCUT2D eigenvalue weighted by atomic mass is 28.5. The molecule has 0 bridgehead atoms. The van der Waals surface area contributed by atoms with Crippen molar-refractivity contribution in [1.29, 1.82) is 0 Å². The predicted molar refractivity (Wildman–Crippen MR) is 137 cm³/mol. The van der Waals surface area contributed by atoms with Gasteiger partial charge in [0.05, 0.1) is 0 Å². The molecule has 0 amide bonds. The SMILES string of the molecule is CCCCCCCCCCCC[Si](C)(C)O[SiH](C)O[Si](C)(C)C[Si](C)(OC)OC. The van der Waals surface area contributed by atoms with Gasteiger partial charge in [-0.2, -0.15) is 0 Å².